The summed E-state index contributed by atoms with van der Waals surface area (Å²) in [6.45, 7) is 3.56. The molecule has 0 aliphatic rings. The fourth-order valence-corrected chi connectivity index (χ4v) is 9.01. The van der Waals surface area contributed by atoms with Gasteiger partial charge in [0.1, 0.15) is 49.2 Å². The minimum absolute atomic E-state index is 0.00790. The Labute approximate surface area is 518 Å². The van der Waals surface area contributed by atoms with Crippen molar-refractivity contribution in [2.24, 2.45) is 0 Å². The number of benzene rings is 4. The Kier molecular flexibility index (Phi) is 25.8. The summed E-state index contributed by atoms with van der Waals surface area (Å²) in [5, 5.41) is 11.5. The molecule has 4 heterocycles. The molecule has 24 nitrogen and oxygen atoms in total. The largest absolute Gasteiger partial charge is 0.405 e. The molecule has 470 valence electrons. The highest BCUT2D eigenvalue weighted by Crippen LogP contribution is 2.07. The van der Waals surface area contributed by atoms with E-state index in [1.807, 2.05) is 131 Å². The zero-order chi connectivity index (χ0) is 63.1. The standard InChI is InChI=1S/C66H72N10O14/c77-59-29-13-25-55(73(59)87-47-51-17-5-1-6-18-51)63(81)67-33-37-71(38-34-68-64(82)56-26-14-30-60(78)74(56)88-48-52-19-7-2-8-20-52)41-43-85-45-46-86-44-42-72(39-35-69-65(83)57-27-15-31-61(79)75(57)89-49-53-21-9-3-10-22-53)40-36-70-66(84)58-28-16-32-62(80)76(58)90-50-54-23-11-4-12-24-54/h1-32H,33-50H2,(H,67,81)(H,68,82)(H,69,83)(H,70,84). The van der Waals surface area contributed by atoms with Crippen molar-refractivity contribution in [1.29, 1.82) is 0 Å². The molecule has 0 radical (unpaired) electrons. The number of ether oxygens (including phenoxy) is 2. The maximum absolute atomic E-state index is 13.6. The average Bonchev–Trinajstić information content (AvgIpc) is 3.13. The highest BCUT2D eigenvalue weighted by atomic mass is 16.7. The summed E-state index contributed by atoms with van der Waals surface area (Å²) in [6, 6.07) is 54.0. The quantitative estimate of drug-likeness (QED) is 0.0408. The van der Waals surface area contributed by atoms with E-state index in [1.54, 1.807) is 0 Å². The molecule has 0 fully saturated rings. The van der Waals surface area contributed by atoms with Gasteiger partial charge in [-0.2, -0.15) is 0 Å². The summed E-state index contributed by atoms with van der Waals surface area (Å²) in [7, 11) is 0. The first-order chi connectivity index (χ1) is 44.0. The molecule has 4 N–H and O–H groups in total. The number of rotatable bonds is 37. The van der Waals surface area contributed by atoms with Crippen molar-refractivity contribution < 1.29 is 48.0 Å². The van der Waals surface area contributed by atoms with Gasteiger partial charge in [-0.05, 0) is 46.5 Å². The minimum atomic E-state index is -0.541. The number of nitrogens with one attached hydrogen (secondary N) is 4. The molecule has 90 heavy (non-hydrogen) atoms. The number of hydrogen-bond acceptors (Lipinski definition) is 16. The molecule has 0 saturated heterocycles. The topological polar surface area (TPSA) is 266 Å². The van der Waals surface area contributed by atoms with Gasteiger partial charge in [0.05, 0.1) is 26.4 Å². The fourth-order valence-electron chi connectivity index (χ4n) is 9.01. The molecule has 0 aliphatic heterocycles. The SMILES string of the molecule is O=C(NCCN(CCNC(=O)c1cccc(=O)n1OCc1ccccc1)CCOCCOCCN(CCNC(=O)c1cccc(=O)n1OCc1ccccc1)CCNC(=O)c1cccc(=O)n1OCc1ccccc1)c1cccc(=O)n1OCc1ccccc1. The Hall–Kier alpha value is -10.4. The molecule has 0 spiro atoms. The second-order valence-electron chi connectivity index (χ2n) is 20.1. The van der Waals surface area contributed by atoms with Crippen molar-refractivity contribution in [1.82, 2.24) is 50.0 Å². The molecule has 0 atom stereocenters. The predicted octanol–water partition coefficient (Wildman–Crippen LogP) is 2.51. The van der Waals surface area contributed by atoms with E-state index < -0.39 is 45.9 Å². The number of aromatic nitrogens is 4. The van der Waals surface area contributed by atoms with Crippen LogP contribution in [0.15, 0.2) is 213 Å². The van der Waals surface area contributed by atoms with E-state index in [0.29, 0.717) is 39.3 Å². The second-order valence-corrected chi connectivity index (χ2v) is 20.1. The summed E-state index contributed by atoms with van der Waals surface area (Å²) < 4.78 is 15.9. The number of hydrogen-bond donors (Lipinski definition) is 4. The highest BCUT2D eigenvalue weighted by molar-refractivity contribution is 5.93. The van der Waals surface area contributed by atoms with E-state index in [0.717, 1.165) is 41.2 Å². The first-order valence-corrected chi connectivity index (χ1v) is 29.3. The van der Waals surface area contributed by atoms with E-state index in [2.05, 4.69) is 21.3 Å². The van der Waals surface area contributed by atoms with Crippen LogP contribution in [0, 0.1) is 0 Å². The van der Waals surface area contributed by atoms with Gasteiger partial charge >= 0.3 is 0 Å². The normalized spacial score (nSPS) is 11.0. The monoisotopic (exact) mass is 1230 g/mol. The molecule has 4 aromatic heterocycles. The Bertz CT molecular complexity index is 3330. The molecular formula is C66H72N10O14. The molecule has 24 heteroatoms. The van der Waals surface area contributed by atoms with Crippen LogP contribution in [0.4, 0.5) is 0 Å². The third kappa shape index (κ3) is 20.6. The average molecular weight is 1230 g/mol. The van der Waals surface area contributed by atoms with E-state index in [-0.39, 0.29) is 102 Å². The number of carbonyl (C=O) groups excluding carboxylic acids is 4. The molecule has 8 aromatic rings. The Morgan fingerprint density at radius 2 is 0.522 bits per heavy atom. The Morgan fingerprint density at radius 1 is 0.289 bits per heavy atom. The fraction of sp³-hybridized carbons (Fsp3) is 0.273. The minimum Gasteiger partial charge on any atom is -0.405 e. The van der Waals surface area contributed by atoms with Gasteiger partial charge in [0.2, 0.25) is 0 Å². The summed E-state index contributed by atoms with van der Waals surface area (Å²) in [6.07, 6.45) is 0. The van der Waals surface area contributed by atoms with Gasteiger partial charge in [-0.1, -0.05) is 146 Å². The second kappa shape index (κ2) is 35.4. The van der Waals surface area contributed by atoms with Gasteiger partial charge in [0.25, 0.3) is 45.9 Å². The van der Waals surface area contributed by atoms with Gasteiger partial charge < -0.3 is 50.1 Å². The van der Waals surface area contributed by atoms with Crippen molar-refractivity contribution >= 4 is 23.6 Å². The van der Waals surface area contributed by atoms with E-state index in [4.69, 9.17) is 28.8 Å². The van der Waals surface area contributed by atoms with Crippen molar-refractivity contribution in [2.75, 3.05) is 91.9 Å². The third-order valence-electron chi connectivity index (χ3n) is 13.7. The summed E-state index contributed by atoms with van der Waals surface area (Å²) in [4.78, 5) is 133. The van der Waals surface area contributed by atoms with Gasteiger partial charge in [0.15, 0.2) is 0 Å². The van der Waals surface area contributed by atoms with Crippen LogP contribution >= 0.6 is 0 Å². The van der Waals surface area contributed by atoms with Crippen LogP contribution in [0.5, 0.6) is 0 Å². The van der Waals surface area contributed by atoms with Crippen LogP contribution < -0.4 is 62.9 Å². The molecule has 0 unspecified atom stereocenters. The Morgan fingerprint density at radius 3 is 0.756 bits per heavy atom. The summed E-state index contributed by atoms with van der Waals surface area (Å²) in [5.74, 6) is -2.16. The van der Waals surface area contributed by atoms with Gasteiger partial charge in [-0.15, -0.1) is 18.9 Å². The van der Waals surface area contributed by atoms with Crippen LogP contribution in [0.1, 0.15) is 64.2 Å². The third-order valence-corrected chi connectivity index (χ3v) is 13.7. The maximum atomic E-state index is 13.6. The van der Waals surface area contributed by atoms with Crippen LogP contribution in [-0.4, -0.2) is 144 Å². The molecule has 8 rings (SSSR count). The summed E-state index contributed by atoms with van der Waals surface area (Å²) in [5.41, 5.74) is 1.20. The molecular weight excluding hydrogens is 1160 g/mol. The smallest absolute Gasteiger partial charge is 0.283 e. The number of nitrogens with zero attached hydrogens (tertiary/aromatic N) is 6. The van der Waals surface area contributed by atoms with Gasteiger partial charge in [-0.3, -0.25) is 48.2 Å². The lowest BCUT2D eigenvalue weighted by molar-refractivity contribution is 0.0312. The molecule has 0 aliphatic carbocycles. The highest BCUT2D eigenvalue weighted by Gasteiger charge is 2.20. The van der Waals surface area contributed by atoms with Crippen LogP contribution in [0.3, 0.4) is 0 Å². The van der Waals surface area contributed by atoms with Crippen molar-refractivity contribution in [2.45, 2.75) is 26.4 Å². The zero-order valence-corrected chi connectivity index (χ0v) is 49.6. The van der Waals surface area contributed by atoms with Crippen molar-refractivity contribution in [3.63, 3.8) is 0 Å². The first kappa shape index (κ1) is 65.6. The number of amides is 4. The lowest BCUT2D eigenvalue weighted by Crippen LogP contribution is -2.43. The first-order valence-electron chi connectivity index (χ1n) is 29.3. The van der Waals surface area contributed by atoms with Crippen LogP contribution in [-0.2, 0) is 35.9 Å². The summed E-state index contributed by atoms with van der Waals surface area (Å²) >= 11 is 0. The lowest BCUT2D eigenvalue weighted by Gasteiger charge is -2.23. The molecule has 0 bridgehead atoms. The molecule has 4 amide bonds. The maximum Gasteiger partial charge on any atom is 0.283 e. The lowest BCUT2D eigenvalue weighted by atomic mass is 10.2. The Balaban J connectivity index is 0.848. The van der Waals surface area contributed by atoms with Crippen LogP contribution in [0.2, 0.25) is 0 Å². The predicted molar refractivity (Wildman–Crippen MR) is 334 cm³/mol. The van der Waals surface area contributed by atoms with E-state index in [1.165, 1.54) is 72.8 Å². The van der Waals surface area contributed by atoms with E-state index in [9.17, 15) is 38.4 Å². The van der Waals surface area contributed by atoms with Crippen LogP contribution in [0.25, 0.3) is 0 Å². The van der Waals surface area contributed by atoms with Crippen molar-refractivity contribution in [3.8, 4) is 0 Å². The number of carbonyl (C=O) groups is 4. The van der Waals surface area contributed by atoms with Gasteiger partial charge in [0, 0.05) is 89.7 Å². The zero-order valence-electron chi connectivity index (χ0n) is 49.6. The molecule has 0 saturated carbocycles. The van der Waals surface area contributed by atoms with Crippen molar-refractivity contribution in [3.05, 3.63) is 281 Å². The molecule has 4 aromatic carbocycles. The van der Waals surface area contributed by atoms with Gasteiger partial charge in [-0.25, -0.2) is 0 Å². The number of pyridine rings is 4. The van der Waals surface area contributed by atoms with E-state index >= 15 is 0 Å².